The Labute approximate surface area is 131 Å². The van der Waals surface area contributed by atoms with E-state index in [1.165, 1.54) is 0 Å². The minimum Gasteiger partial charge on any atom is -0.398 e. The maximum atomic E-state index is 11.0. The number of benzene rings is 1. The van der Waals surface area contributed by atoms with Crippen LogP contribution in [0.15, 0.2) is 36.5 Å². The molecular formula is C17H24N2O3. The first-order chi connectivity index (χ1) is 10.2. The fourth-order valence-corrected chi connectivity index (χ4v) is 3.17. The molecule has 0 radical (unpaired) electrons. The number of nitro groups is 1. The molecule has 1 fully saturated rings. The minimum absolute atomic E-state index is 0.174. The first-order valence-electron chi connectivity index (χ1n) is 7.61. The zero-order valence-corrected chi connectivity index (χ0v) is 13.7. The summed E-state index contributed by atoms with van der Waals surface area (Å²) in [6.07, 6.45) is 4.06. The highest BCUT2D eigenvalue weighted by Crippen LogP contribution is 2.40. The van der Waals surface area contributed by atoms with Gasteiger partial charge in [0.15, 0.2) is 0 Å². The Kier molecular flexibility index (Phi) is 4.56. The van der Waals surface area contributed by atoms with Gasteiger partial charge in [-0.1, -0.05) is 30.3 Å². The monoisotopic (exact) mass is 304 g/mol. The lowest BCUT2D eigenvalue weighted by Gasteiger charge is -2.50. The van der Waals surface area contributed by atoms with Crippen molar-refractivity contribution in [2.24, 2.45) is 0 Å². The van der Waals surface area contributed by atoms with Crippen LogP contribution in [-0.4, -0.2) is 21.1 Å². The molecule has 0 aliphatic carbocycles. The van der Waals surface area contributed by atoms with Gasteiger partial charge in [0.1, 0.15) is 0 Å². The molecule has 120 valence electrons. The summed E-state index contributed by atoms with van der Waals surface area (Å²) in [5, 5.41) is 12.9. The molecule has 1 aliphatic rings. The molecule has 22 heavy (non-hydrogen) atoms. The van der Waals surface area contributed by atoms with Crippen molar-refractivity contribution in [3.8, 4) is 0 Å². The van der Waals surface area contributed by atoms with E-state index in [0.29, 0.717) is 5.56 Å². The standard InChI is InChI=1S/C17H24N2O3/c1-16(2)11-8-12-17(3,4)19(16)22-15(13-18(20)21)14-9-6-5-7-10-14/h5-7,9-10,13H,8,11-12H2,1-4H3/b15-13+. The third kappa shape index (κ3) is 3.65. The summed E-state index contributed by atoms with van der Waals surface area (Å²) in [5.41, 5.74) is 0.356. The van der Waals surface area contributed by atoms with E-state index >= 15 is 0 Å². The summed E-state index contributed by atoms with van der Waals surface area (Å²) in [4.78, 5) is 16.6. The van der Waals surface area contributed by atoms with Crippen molar-refractivity contribution < 1.29 is 9.76 Å². The lowest BCUT2D eigenvalue weighted by molar-refractivity contribution is -0.404. The van der Waals surface area contributed by atoms with Gasteiger partial charge in [-0.05, 0) is 47.0 Å². The normalized spacial score (nSPS) is 21.4. The third-order valence-electron chi connectivity index (χ3n) is 4.15. The number of hydroxylamine groups is 2. The Morgan fingerprint density at radius 1 is 1.18 bits per heavy atom. The van der Waals surface area contributed by atoms with E-state index in [-0.39, 0.29) is 16.8 Å². The molecule has 1 saturated heterocycles. The minimum atomic E-state index is -0.466. The van der Waals surface area contributed by atoms with Crippen molar-refractivity contribution >= 4 is 5.76 Å². The van der Waals surface area contributed by atoms with Gasteiger partial charge in [0.25, 0.3) is 6.20 Å². The molecular weight excluding hydrogens is 280 g/mol. The summed E-state index contributed by atoms with van der Waals surface area (Å²) in [6.45, 7) is 8.46. The van der Waals surface area contributed by atoms with E-state index in [0.717, 1.165) is 25.5 Å². The van der Waals surface area contributed by atoms with Crippen molar-refractivity contribution in [2.75, 3.05) is 0 Å². The molecule has 2 rings (SSSR count). The molecule has 0 spiro atoms. The van der Waals surface area contributed by atoms with E-state index in [4.69, 9.17) is 4.84 Å². The van der Waals surface area contributed by atoms with Crippen LogP contribution in [0.5, 0.6) is 0 Å². The van der Waals surface area contributed by atoms with Crippen LogP contribution in [0, 0.1) is 10.1 Å². The number of hydrogen-bond acceptors (Lipinski definition) is 4. The average molecular weight is 304 g/mol. The third-order valence-corrected chi connectivity index (χ3v) is 4.15. The number of piperidine rings is 1. The van der Waals surface area contributed by atoms with Crippen LogP contribution in [-0.2, 0) is 4.84 Å². The van der Waals surface area contributed by atoms with Gasteiger partial charge in [0.05, 0.1) is 16.0 Å². The molecule has 5 nitrogen and oxygen atoms in total. The molecule has 0 saturated carbocycles. The van der Waals surface area contributed by atoms with Gasteiger partial charge in [0, 0.05) is 5.56 Å². The van der Waals surface area contributed by atoms with Crippen LogP contribution in [0.4, 0.5) is 0 Å². The second-order valence-electron chi connectivity index (χ2n) is 7.01. The predicted molar refractivity (Wildman–Crippen MR) is 86.3 cm³/mol. The zero-order chi connectivity index (χ0) is 16.4. The van der Waals surface area contributed by atoms with Crippen molar-refractivity contribution in [1.82, 2.24) is 5.06 Å². The summed E-state index contributed by atoms with van der Waals surface area (Å²) in [5.74, 6) is 0.272. The van der Waals surface area contributed by atoms with E-state index in [9.17, 15) is 10.1 Å². The van der Waals surface area contributed by atoms with Gasteiger partial charge in [-0.25, -0.2) is 0 Å². The molecule has 0 N–H and O–H groups in total. The smallest absolute Gasteiger partial charge is 0.279 e. The number of hydrogen-bond donors (Lipinski definition) is 0. The molecule has 0 amide bonds. The van der Waals surface area contributed by atoms with Crippen molar-refractivity contribution in [3.63, 3.8) is 0 Å². The van der Waals surface area contributed by atoms with Crippen molar-refractivity contribution in [3.05, 3.63) is 52.2 Å². The van der Waals surface area contributed by atoms with Gasteiger partial charge in [-0.2, -0.15) is 0 Å². The lowest BCUT2D eigenvalue weighted by atomic mass is 9.82. The summed E-state index contributed by atoms with van der Waals surface area (Å²) >= 11 is 0. The topological polar surface area (TPSA) is 55.6 Å². The molecule has 0 bridgehead atoms. The van der Waals surface area contributed by atoms with Gasteiger partial charge in [0.2, 0.25) is 5.76 Å². The fourth-order valence-electron chi connectivity index (χ4n) is 3.17. The first kappa shape index (κ1) is 16.5. The highest BCUT2D eigenvalue weighted by molar-refractivity contribution is 5.58. The average Bonchev–Trinajstić information content (AvgIpc) is 2.41. The molecule has 1 heterocycles. The fraction of sp³-hybridized carbons (Fsp3) is 0.529. The molecule has 0 atom stereocenters. The van der Waals surface area contributed by atoms with Crippen molar-refractivity contribution in [1.29, 1.82) is 0 Å². The second-order valence-corrected chi connectivity index (χ2v) is 7.01. The van der Waals surface area contributed by atoms with Crippen molar-refractivity contribution in [2.45, 2.75) is 58.0 Å². The molecule has 0 unspecified atom stereocenters. The van der Waals surface area contributed by atoms with Crippen LogP contribution in [0.2, 0.25) is 0 Å². The molecule has 1 aliphatic heterocycles. The van der Waals surface area contributed by atoms with Gasteiger partial charge >= 0.3 is 0 Å². The van der Waals surface area contributed by atoms with Crippen LogP contribution < -0.4 is 0 Å². The van der Waals surface area contributed by atoms with E-state index < -0.39 is 4.92 Å². The summed E-state index contributed by atoms with van der Waals surface area (Å²) < 4.78 is 0. The number of nitrogens with zero attached hydrogens (tertiary/aromatic N) is 2. The molecule has 1 aromatic rings. The molecule has 1 aromatic carbocycles. The zero-order valence-electron chi connectivity index (χ0n) is 13.7. The Morgan fingerprint density at radius 3 is 2.23 bits per heavy atom. The van der Waals surface area contributed by atoms with Crippen LogP contribution in [0.25, 0.3) is 5.76 Å². The Morgan fingerprint density at radius 2 is 1.73 bits per heavy atom. The Balaban J connectivity index is 2.36. The Bertz CT molecular complexity index is 549. The van der Waals surface area contributed by atoms with Crippen LogP contribution in [0.3, 0.4) is 0 Å². The van der Waals surface area contributed by atoms with Gasteiger partial charge < -0.3 is 4.84 Å². The summed E-state index contributed by atoms with van der Waals surface area (Å²) in [7, 11) is 0. The highest BCUT2D eigenvalue weighted by atomic mass is 16.7. The lowest BCUT2D eigenvalue weighted by Crippen LogP contribution is -2.57. The SMILES string of the molecule is CC1(C)CCCC(C)(C)N1O/C(=C/[N+](=O)[O-])c1ccccc1. The Hall–Kier alpha value is -1.88. The number of rotatable bonds is 4. The quantitative estimate of drug-likeness (QED) is 0.474. The second kappa shape index (κ2) is 6.08. The van der Waals surface area contributed by atoms with Gasteiger partial charge in [-0.3, -0.25) is 10.1 Å². The first-order valence-corrected chi connectivity index (χ1v) is 7.61. The highest BCUT2D eigenvalue weighted by Gasteiger charge is 2.44. The van der Waals surface area contributed by atoms with Gasteiger partial charge in [-0.15, -0.1) is 5.06 Å². The molecule has 0 aromatic heterocycles. The maximum Gasteiger partial charge on any atom is 0.279 e. The summed E-state index contributed by atoms with van der Waals surface area (Å²) in [6, 6.07) is 9.21. The van der Waals surface area contributed by atoms with E-state index in [1.807, 2.05) is 35.4 Å². The van der Waals surface area contributed by atoms with Crippen LogP contribution in [0.1, 0.15) is 52.5 Å². The predicted octanol–water partition coefficient (Wildman–Crippen LogP) is 4.24. The van der Waals surface area contributed by atoms with E-state index in [1.54, 1.807) is 0 Å². The van der Waals surface area contributed by atoms with Crippen LogP contribution >= 0.6 is 0 Å². The largest absolute Gasteiger partial charge is 0.398 e. The van der Waals surface area contributed by atoms with E-state index in [2.05, 4.69) is 27.7 Å². The maximum absolute atomic E-state index is 11.0. The molecule has 5 heteroatoms.